The number of rotatable bonds is 4. The Labute approximate surface area is 261 Å². The Morgan fingerprint density at radius 1 is 0.881 bits per heavy atom. The molecule has 0 unspecified atom stereocenters. The fraction of sp³-hybridized carbons (Fsp3) is 0.222. The van der Waals surface area contributed by atoms with Crippen LogP contribution in [0.3, 0.4) is 0 Å². The molecule has 0 saturated carbocycles. The molecule has 0 fully saturated rings. The van der Waals surface area contributed by atoms with E-state index in [4.69, 9.17) is 9.73 Å². The second-order valence-electron chi connectivity index (χ2n) is 11.8. The molecule has 0 saturated heterocycles. The van der Waals surface area contributed by atoms with Gasteiger partial charge >= 0.3 is 0 Å². The third kappa shape index (κ3) is 4.70. The van der Waals surface area contributed by atoms with Crippen LogP contribution in [0.15, 0.2) is 96.0 Å². The quantitative estimate of drug-likeness (QED) is 0.190. The SMILES string of the molecule is Cc1cccc(C)c1N1C(c2[c-]c(Oc3ccc4cccc(O)c4n3)ccc2)=N[C@H]2c3ccccc3CC(C)(C)[C@@H]21.[Pt]. The van der Waals surface area contributed by atoms with Crippen molar-refractivity contribution in [2.75, 3.05) is 4.90 Å². The van der Waals surface area contributed by atoms with E-state index in [0.29, 0.717) is 17.1 Å². The molecule has 0 amide bonds. The monoisotopic (exact) mass is 733 g/mol. The molecule has 5 aromatic rings. The Balaban J connectivity index is 0.00000316. The van der Waals surface area contributed by atoms with Crippen LogP contribution < -0.4 is 9.64 Å². The first kappa shape index (κ1) is 28.2. The standard InChI is InChI=1S/C36H32N3O2.Pt/c1-22-10-7-11-23(2)33(22)39-34-32(28-16-6-5-12-26(28)21-36(34,3)4)38-35(39)25-14-8-15-27(20-25)41-30-19-18-24-13-9-17-29(40)31(24)37-30;/h5-19,32,34,40H,21H2,1-4H3;/q-1;/t32-,34+;/m0./s1. The van der Waals surface area contributed by atoms with Crippen LogP contribution in [-0.2, 0) is 27.5 Å². The third-order valence-corrected chi connectivity index (χ3v) is 8.46. The summed E-state index contributed by atoms with van der Waals surface area (Å²) in [4.78, 5) is 12.5. The van der Waals surface area contributed by atoms with Crippen molar-refractivity contribution in [1.82, 2.24) is 4.98 Å². The molecule has 5 nitrogen and oxygen atoms in total. The van der Waals surface area contributed by atoms with Gasteiger partial charge < -0.3 is 19.7 Å². The van der Waals surface area contributed by atoms with Gasteiger partial charge in [0, 0.05) is 44.0 Å². The van der Waals surface area contributed by atoms with Crippen LogP contribution in [-0.4, -0.2) is 22.0 Å². The number of aliphatic imine (C=N–C) groups is 1. The largest absolute Gasteiger partial charge is 0.506 e. The first-order chi connectivity index (χ1) is 19.8. The van der Waals surface area contributed by atoms with E-state index >= 15 is 0 Å². The molecule has 1 aliphatic heterocycles. The molecule has 1 aliphatic carbocycles. The summed E-state index contributed by atoms with van der Waals surface area (Å²) in [5.41, 5.74) is 7.68. The van der Waals surface area contributed by atoms with Crippen LogP contribution >= 0.6 is 0 Å². The van der Waals surface area contributed by atoms with Gasteiger partial charge in [0.05, 0.1) is 17.9 Å². The number of hydrogen-bond donors (Lipinski definition) is 1. The van der Waals surface area contributed by atoms with Crippen LogP contribution in [0.5, 0.6) is 17.4 Å². The summed E-state index contributed by atoms with van der Waals surface area (Å²) in [5.74, 6) is 1.97. The number of aryl methyl sites for hydroxylation is 2. The van der Waals surface area contributed by atoms with E-state index in [0.717, 1.165) is 23.2 Å². The summed E-state index contributed by atoms with van der Waals surface area (Å²) in [6.07, 6.45) is 0.988. The summed E-state index contributed by atoms with van der Waals surface area (Å²) >= 11 is 0. The van der Waals surface area contributed by atoms with E-state index in [-0.39, 0.29) is 44.3 Å². The fourth-order valence-electron chi connectivity index (χ4n) is 6.68. The van der Waals surface area contributed by atoms with Gasteiger partial charge in [-0.3, -0.25) is 0 Å². The van der Waals surface area contributed by atoms with Crippen molar-refractivity contribution in [3.63, 3.8) is 0 Å². The Hall–Kier alpha value is -3.95. The minimum atomic E-state index is -0.0237. The Kier molecular flexibility index (Phi) is 7.19. The van der Waals surface area contributed by atoms with Crippen molar-refractivity contribution < 1.29 is 30.9 Å². The second-order valence-corrected chi connectivity index (χ2v) is 11.8. The number of aromatic hydroxyl groups is 1. The van der Waals surface area contributed by atoms with Gasteiger partial charge in [0.1, 0.15) is 11.3 Å². The predicted molar refractivity (Wildman–Crippen MR) is 164 cm³/mol. The fourth-order valence-corrected chi connectivity index (χ4v) is 6.68. The third-order valence-electron chi connectivity index (χ3n) is 8.46. The average Bonchev–Trinajstić information content (AvgIpc) is 3.35. The molecular formula is C36H32N3O2Pt-. The minimum absolute atomic E-state index is 0. The molecule has 1 N–H and O–H groups in total. The molecule has 0 radical (unpaired) electrons. The Morgan fingerprint density at radius 3 is 2.43 bits per heavy atom. The summed E-state index contributed by atoms with van der Waals surface area (Å²) in [7, 11) is 0. The smallest absolute Gasteiger partial charge is 0.217 e. The van der Waals surface area contributed by atoms with Crippen LogP contribution in [0, 0.1) is 25.3 Å². The number of amidine groups is 1. The topological polar surface area (TPSA) is 58.0 Å². The maximum absolute atomic E-state index is 10.3. The zero-order valence-corrected chi connectivity index (χ0v) is 26.3. The number of anilines is 1. The number of pyridine rings is 1. The van der Waals surface area contributed by atoms with E-state index in [1.807, 2.05) is 30.3 Å². The van der Waals surface area contributed by atoms with Crippen LogP contribution in [0.25, 0.3) is 10.9 Å². The number of fused-ring (bicyclic) bond motifs is 4. The molecular weight excluding hydrogens is 701 g/mol. The zero-order chi connectivity index (χ0) is 28.3. The Morgan fingerprint density at radius 2 is 1.62 bits per heavy atom. The molecule has 2 heterocycles. The van der Waals surface area contributed by atoms with Gasteiger partial charge in [-0.1, -0.05) is 74.5 Å². The summed E-state index contributed by atoms with van der Waals surface area (Å²) in [6.45, 7) is 9.09. The molecule has 214 valence electrons. The van der Waals surface area contributed by atoms with E-state index in [9.17, 15) is 5.11 Å². The molecule has 2 atom stereocenters. The van der Waals surface area contributed by atoms with Crippen LogP contribution in [0.1, 0.15) is 47.7 Å². The summed E-state index contributed by atoms with van der Waals surface area (Å²) in [6, 6.07) is 33.9. The van der Waals surface area contributed by atoms with Gasteiger partial charge in [-0.25, -0.2) is 4.98 Å². The van der Waals surface area contributed by atoms with E-state index in [1.165, 1.54) is 27.9 Å². The van der Waals surface area contributed by atoms with E-state index in [2.05, 4.69) is 92.2 Å². The molecule has 42 heavy (non-hydrogen) atoms. The predicted octanol–water partition coefficient (Wildman–Crippen LogP) is 8.11. The molecule has 1 aromatic heterocycles. The number of nitrogens with zero attached hydrogens (tertiary/aromatic N) is 3. The van der Waals surface area contributed by atoms with Gasteiger partial charge in [0.2, 0.25) is 5.88 Å². The van der Waals surface area contributed by atoms with Crippen molar-refractivity contribution in [3.05, 3.63) is 125 Å². The van der Waals surface area contributed by atoms with Gasteiger partial charge in [-0.05, 0) is 60.1 Å². The van der Waals surface area contributed by atoms with Crippen LogP contribution in [0.4, 0.5) is 5.69 Å². The van der Waals surface area contributed by atoms with Crippen molar-refractivity contribution in [2.24, 2.45) is 10.4 Å². The van der Waals surface area contributed by atoms with Crippen molar-refractivity contribution >= 4 is 22.4 Å². The normalized spacial score (nSPS) is 18.6. The van der Waals surface area contributed by atoms with Gasteiger partial charge in [-0.2, -0.15) is 0 Å². The number of hydrogen-bond acceptors (Lipinski definition) is 5. The first-order valence-electron chi connectivity index (χ1n) is 14.1. The number of ether oxygens (including phenoxy) is 1. The van der Waals surface area contributed by atoms with E-state index in [1.54, 1.807) is 12.1 Å². The van der Waals surface area contributed by atoms with Gasteiger partial charge in [0.15, 0.2) is 0 Å². The van der Waals surface area contributed by atoms with Crippen molar-refractivity contribution in [3.8, 4) is 17.4 Å². The first-order valence-corrected chi connectivity index (χ1v) is 14.1. The molecule has 4 aromatic carbocycles. The summed E-state index contributed by atoms with van der Waals surface area (Å²) in [5, 5.41) is 11.1. The molecule has 7 rings (SSSR count). The minimum Gasteiger partial charge on any atom is -0.506 e. The molecule has 6 heteroatoms. The van der Waals surface area contributed by atoms with Gasteiger partial charge in [0.25, 0.3) is 0 Å². The molecule has 2 aliphatic rings. The van der Waals surface area contributed by atoms with Crippen molar-refractivity contribution in [2.45, 2.75) is 46.2 Å². The number of para-hydroxylation sites is 2. The average molecular weight is 734 g/mol. The molecule has 0 bridgehead atoms. The van der Waals surface area contributed by atoms with Gasteiger partial charge in [-0.15, -0.1) is 23.8 Å². The number of phenolic OH excluding ortho intramolecular Hbond substituents is 1. The zero-order valence-electron chi connectivity index (χ0n) is 24.0. The van der Waals surface area contributed by atoms with E-state index < -0.39 is 0 Å². The number of benzene rings is 4. The molecule has 0 spiro atoms. The second kappa shape index (κ2) is 10.7. The summed E-state index contributed by atoms with van der Waals surface area (Å²) < 4.78 is 6.19. The number of aromatic nitrogens is 1. The Bertz CT molecular complexity index is 1830. The maximum Gasteiger partial charge on any atom is 0.217 e. The van der Waals surface area contributed by atoms with Crippen LogP contribution in [0.2, 0.25) is 0 Å². The maximum atomic E-state index is 10.3. The number of phenols is 1. The van der Waals surface area contributed by atoms with Crippen molar-refractivity contribution in [1.29, 1.82) is 0 Å².